The van der Waals surface area contributed by atoms with Gasteiger partial charge in [0.1, 0.15) is 16.9 Å². The Labute approximate surface area is 180 Å². The van der Waals surface area contributed by atoms with Gasteiger partial charge in [-0.05, 0) is 74.6 Å². The second-order valence-electron chi connectivity index (χ2n) is 7.27. The van der Waals surface area contributed by atoms with E-state index in [0.29, 0.717) is 16.5 Å². The van der Waals surface area contributed by atoms with Crippen LogP contribution < -0.4 is 0 Å². The summed E-state index contributed by atoms with van der Waals surface area (Å²) in [6.45, 7) is 5.70. The van der Waals surface area contributed by atoms with Gasteiger partial charge in [0.2, 0.25) is 0 Å². The van der Waals surface area contributed by atoms with E-state index in [9.17, 15) is 8.42 Å². The summed E-state index contributed by atoms with van der Waals surface area (Å²) in [4.78, 5) is 5.67. The molecule has 152 valence electrons. The summed E-state index contributed by atoms with van der Waals surface area (Å²) in [5, 5.41) is 0.377. The fraction of sp³-hybridized carbons (Fsp3) is 0.286. The van der Waals surface area contributed by atoms with Crippen molar-refractivity contribution in [3.05, 3.63) is 76.3 Å². The van der Waals surface area contributed by atoms with Gasteiger partial charge in [-0.3, -0.25) is 0 Å². The molecular formula is C21H21ClN2O3S2. The van der Waals surface area contributed by atoms with Crippen LogP contribution in [-0.4, -0.2) is 23.6 Å². The number of thioether (sulfide) groups is 1. The van der Waals surface area contributed by atoms with E-state index in [1.807, 2.05) is 45.2 Å². The van der Waals surface area contributed by atoms with Gasteiger partial charge in [0.15, 0.2) is 0 Å². The van der Waals surface area contributed by atoms with Crippen LogP contribution in [0.1, 0.15) is 35.5 Å². The van der Waals surface area contributed by atoms with Crippen molar-refractivity contribution < 1.29 is 13.2 Å². The first kappa shape index (κ1) is 20.5. The maximum atomic E-state index is 13.4. The lowest BCUT2D eigenvalue weighted by atomic mass is 9.99. The number of hydrogen-bond acceptors (Lipinski definition) is 5. The Morgan fingerprint density at radius 2 is 1.93 bits per heavy atom. The highest BCUT2D eigenvalue weighted by molar-refractivity contribution is 7.98. The van der Waals surface area contributed by atoms with Crippen LogP contribution in [0.2, 0.25) is 5.15 Å². The van der Waals surface area contributed by atoms with Crippen molar-refractivity contribution >= 4 is 33.4 Å². The number of pyridine rings is 1. The van der Waals surface area contributed by atoms with E-state index < -0.39 is 21.7 Å². The molecule has 0 radical (unpaired) electrons. The van der Waals surface area contributed by atoms with Crippen molar-refractivity contribution in [1.82, 2.24) is 8.96 Å². The summed E-state index contributed by atoms with van der Waals surface area (Å²) >= 11 is 7.63. The third-order valence-electron chi connectivity index (χ3n) is 5.30. The van der Waals surface area contributed by atoms with Gasteiger partial charge in [-0.15, -0.1) is 11.8 Å². The molecule has 2 aromatic heterocycles. The van der Waals surface area contributed by atoms with Crippen LogP contribution in [-0.2, 0) is 20.4 Å². The molecule has 1 fully saturated rings. The highest BCUT2D eigenvalue weighted by Crippen LogP contribution is 2.57. The summed E-state index contributed by atoms with van der Waals surface area (Å²) in [5.41, 5.74) is 2.35. The average Bonchev–Trinajstić information content (AvgIpc) is 3.21. The molecule has 0 saturated carbocycles. The largest absolute Gasteiger partial charge is 0.353 e. The maximum absolute atomic E-state index is 13.4. The second-order valence-corrected chi connectivity index (χ2v) is 10.3. The molecule has 29 heavy (non-hydrogen) atoms. The van der Waals surface area contributed by atoms with Crippen molar-refractivity contribution in [2.24, 2.45) is 0 Å². The lowest BCUT2D eigenvalue weighted by Crippen LogP contribution is -2.17. The number of aromatic nitrogens is 2. The van der Waals surface area contributed by atoms with Crippen LogP contribution in [0.5, 0.6) is 0 Å². The highest BCUT2D eigenvalue weighted by atomic mass is 35.5. The monoisotopic (exact) mass is 448 g/mol. The molecule has 1 saturated heterocycles. The first-order valence-electron chi connectivity index (χ1n) is 9.07. The van der Waals surface area contributed by atoms with Crippen molar-refractivity contribution in [3.8, 4) is 0 Å². The van der Waals surface area contributed by atoms with Crippen molar-refractivity contribution in [2.75, 3.05) is 6.26 Å². The van der Waals surface area contributed by atoms with Crippen LogP contribution in [0.25, 0.3) is 0 Å². The molecule has 2 atom stereocenters. The van der Waals surface area contributed by atoms with Crippen molar-refractivity contribution in [1.29, 1.82) is 0 Å². The predicted octanol–water partition coefficient (Wildman–Crippen LogP) is 5.10. The Hall–Kier alpha value is -1.80. The fourth-order valence-electron chi connectivity index (χ4n) is 3.58. The summed E-state index contributed by atoms with van der Waals surface area (Å²) in [5.74, 6) is 0. The Kier molecular flexibility index (Phi) is 5.06. The Morgan fingerprint density at radius 1 is 1.17 bits per heavy atom. The molecule has 3 aromatic rings. The van der Waals surface area contributed by atoms with Gasteiger partial charge in [-0.25, -0.2) is 17.4 Å². The normalized spacial score (nSPS) is 21.3. The number of ether oxygens (including phenoxy) is 1. The zero-order valence-corrected chi connectivity index (χ0v) is 18.9. The topological polar surface area (TPSA) is 64.5 Å². The van der Waals surface area contributed by atoms with Gasteiger partial charge in [-0.2, -0.15) is 0 Å². The Bertz CT molecular complexity index is 1210. The molecule has 0 bridgehead atoms. The minimum absolute atomic E-state index is 0.257. The summed E-state index contributed by atoms with van der Waals surface area (Å²) < 4.78 is 34.2. The predicted molar refractivity (Wildman–Crippen MR) is 115 cm³/mol. The Balaban J connectivity index is 1.76. The zero-order valence-electron chi connectivity index (χ0n) is 16.5. The number of hydrogen-bond donors (Lipinski definition) is 0. The molecule has 5 nitrogen and oxygen atoms in total. The quantitative estimate of drug-likeness (QED) is 0.308. The number of aryl methyl sites for hydroxylation is 2. The second kappa shape index (κ2) is 7.16. The van der Waals surface area contributed by atoms with Crippen molar-refractivity contribution in [2.45, 2.75) is 42.3 Å². The van der Waals surface area contributed by atoms with E-state index in [2.05, 4.69) is 4.98 Å². The molecule has 3 heterocycles. The number of benzene rings is 1. The van der Waals surface area contributed by atoms with E-state index in [0.717, 1.165) is 16.0 Å². The van der Waals surface area contributed by atoms with E-state index in [1.54, 1.807) is 42.2 Å². The van der Waals surface area contributed by atoms with Crippen molar-refractivity contribution in [3.63, 3.8) is 0 Å². The molecule has 0 N–H and O–H groups in total. The molecule has 0 spiro atoms. The van der Waals surface area contributed by atoms with Gasteiger partial charge in [0.05, 0.1) is 16.3 Å². The van der Waals surface area contributed by atoms with E-state index >= 15 is 0 Å². The SMILES string of the molecule is CSc1ccc(S(=O)(=O)n2ccc(C)c2C2OC2(C)c2cccc(Cl)n2)cc1C. The van der Waals surface area contributed by atoms with Gasteiger partial charge in [-0.1, -0.05) is 17.7 Å². The standard InChI is InChI=1S/C21H21ClN2O3S2/c1-13-10-11-24(29(25,26)15-8-9-16(28-4)14(2)12-15)19(13)20-21(3,27-20)17-6-5-7-18(22)23-17/h5-12,20H,1-4H3. The van der Waals surface area contributed by atoms with E-state index in [-0.39, 0.29) is 4.90 Å². The smallest absolute Gasteiger partial charge is 0.267 e. The van der Waals surface area contributed by atoms with Crippen LogP contribution in [0.3, 0.4) is 0 Å². The lowest BCUT2D eigenvalue weighted by molar-refractivity contribution is 0.307. The molecule has 1 aliphatic rings. The first-order valence-corrected chi connectivity index (χ1v) is 12.1. The first-order chi connectivity index (χ1) is 13.7. The summed E-state index contributed by atoms with van der Waals surface area (Å²) in [6, 6.07) is 12.4. The third kappa shape index (κ3) is 3.40. The van der Waals surface area contributed by atoms with E-state index in [1.165, 1.54) is 3.97 Å². The molecule has 8 heteroatoms. The maximum Gasteiger partial charge on any atom is 0.267 e. The molecule has 0 aliphatic carbocycles. The van der Waals surface area contributed by atoms with Crippen LogP contribution in [0.15, 0.2) is 58.5 Å². The molecule has 2 unspecified atom stereocenters. The fourth-order valence-corrected chi connectivity index (χ4v) is 5.84. The van der Waals surface area contributed by atoms with E-state index in [4.69, 9.17) is 16.3 Å². The summed E-state index contributed by atoms with van der Waals surface area (Å²) in [6.07, 6.45) is 3.13. The minimum atomic E-state index is -3.76. The van der Waals surface area contributed by atoms with Crippen LogP contribution in [0.4, 0.5) is 0 Å². The summed E-state index contributed by atoms with van der Waals surface area (Å²) in [7, 11) is -3.76. The molecule has 0 amide bonds. The molecular weight excluding hydrogens is 428 g/mol. The van der Waals surface area contributed by atoms with Gasteiger partial charge in [0, 0.05) is 11.1 Å². The highest BCUT2D eigenvalue weighted by Gasteiger charge is 2.58. The van der Waals surface area contributed by atoms with Crippen LogP contribution >= 0.6 is 23.4 Å². The van der Waals surface area contributed by atoms with Gasteiger partial charge in [0.25, 0.3) is 10.0 Å². The molecule has 4 rings (SSSR count). The number of rotatable bonds is 5. The molecule has 1 aliphatic heterocycles. The average molecular weight is 449 g/mol. The Morgan fingerprint density at radius 3 is 2.59 bits per heavy atom. The zero-order chi connectivity index (χ0) is 21.0. The number of epoxide rings is 1. The number of halogens is 1. The van der Waals surface area contributed by atoms with Crippen LogP contribution in [0, 0.1) is 13.8 Å². The third-order valence-corrected chi connectivity index (χ3v) is 8.10. The van der Waals surface area contributed by atoms with Gasteiger partial charge >= 0.3 is 0 Å². The lowest BCUT2D eigenvalue weighted by Gasteiger charge is -2.13. The molecule has 1 aromatic carbocycles. The van der Waals surface area contributed by atoms with Gasteiger partial charge < -0.3 is 4.74 Å². The number of nitrogens with zero attached hydrogens (tertiary/aromatic N) is 2. The minimum Gasteiger partial charge on any atom is -0.353 e.